The van der Waals surface area contributed by atoms with Gasteiger partial charge in [0, 0.05) is 12.8 Å². The van der Waals surface area contributed by atoms with Crippen molar-refractivity contribution in [1.82, 2.24) is 0 Å². The van der Waals surface area contributed by atoms with Crippen LogP contribution < -0.4 is 0 Å². The maximum atomic E-state index is 12.2. The molecule has 0 aromatic rings. The van der Waals surface area contributed by atoms with Crippen molar-refractivity contribution in [3.63, 3.8) is 0 Å². The van der Waals surface area contributed by atoms with E-state index < -0.39 is 32.5 Å². The Hall–Kier alpha value is -0.990. The van der Waals surface area contributed by atoms with Gasteiger partial charge in [-0.3, -0.25) is 18.6 Å². The van der Waals surface area contributed by atoms with Crippen LogP contribution in [0.5, 0.6) is 0 Å². The highest BCUT2D eigenvalue weighted by molar-refractivity contribution is 7.47. The number of rotatable bonds is 23. The number of hydrogen-bond acceptors (Lipinski definition) is 7. The van der Waals surface area contributed by atoms with Crippen LogP contribution in [0.3, 0.4) is 0 Å². The van der Waals surface area contributed by atoms with Gasteiger partial charge in [-0.25, -0.2) is 4.57 Å². The van der Waals surface area contributed by atoms with Gasteiger partial charge in [0.05, 0.1) is 27.7 Å². The highest BCUT2D eigenvalue weighted by Crippen LogP contribution is 2.43. The predicted molar refractivity (Wildman–Crippen MR) is 136 cm³/mol. The van der Waals surface area contributed by atoms with Crippen LogP contribution in [0.25, 0.3) is 0 Å². The smallest absolute Gasteiger partial charge is 0.462 e. The van der Waals surface area contributed by atoms with Crippen molar-refractivity contribution in [3.05, 3.63) is 13.8 Å². The molecule has 0 aromatic carbocycles. The van der Waals surface area contributed by atoms with Gasteiger partial charge in [0.15, 0.2) is 6.10 Å². The van der Waals surface area contributed by atoms with E-state index in [4.69, 9.17) is 18.5 Å². The van der Waals surface area contributed by atoms with Crippen molar-refractivity contribution < 1.29 is 42.1 Å². The van der Waals surface area contributed by atoms with Crippen molar-refractivity contribution in [2.24, 2.45) is 0 Å². The number of carbonyl (C=O) groups is 2. The molecule has 0 saturated heterocycles. The summed E-state index contributed by atoms with van der Waals surface area (Å²) in [5.74, 6) is -0.865. The van der Waals surface area contributed by atoms with E-state index in [0.717, 1.165) is 64.2 Å². The van der Waals surface area contributed by atoms with Gasteiger partial charge in [-0.05, 0) is 12.8 Å². The highest BCUT2D eigenvalue weighted by atomic mass is 31.2. The molecule has 0 aromatic heterocycles. The lowest BCUT2D eigenvalue weighted by molar-refractivity contribution is -0.870. The molecule has 10 heteroatoms. The van der Waals surface area contributed by atoms with Gasteiger partial charge >= 0.3 is 19.8 Å². The molecule has 0 aliphatic rings. The Morgan fingerprint density at radius 2 is 1.31 bits per heavy atom. The van der Waals surface area contributed by atoms with E-state index >= 15 is 0 Å². The molecule has 1 unspecified atom stereocenters. The Balaban J connectivity index is 4.60. The maximum absolute atomic E-state index is 12.2. The van der Waals surface area contributed by atoms with E-state index in [9.17, 15) is 19.0 Å². The molecule has 0 heterocycles. The summed E-state index contributed by atoms with van der Waals surface area (Å²) in [6.07, 6.45) is 9.72. The molecule has 208 valence electrons. The summed E-state index contributed by atoms with van der Waals surface area (Å²) in [4.78, 5) is 34.3. The number of hydrogen-bond donors (Lipinski definition) is 1. The molecular formula is C25H49NO8P-. The maximum Gasteiger partial charge on any atom is 0.472 e. The predicted octanol–water partition coefficient (Wildman–Crippen LogP) is 5.02. The van der Waals surface area contributed by atoms with Crippen molar-refractivity contribution in [3.8, 4) is 0 Å². The summed E-state index contributed by atoms with van der Waals surface area (Å²) in [6, 6.07) is 0. The number of esters is 2. The third-order valence-electron chi connectivity index (χ3n) is 5.18. The first-order valence-electron chi connectivity index (χ1n) is 12.8. The van der Waals surface area contributed by atoms with Crippen LogP contribution in [-0.4, -0.2) is 74.9 Å². The molecule has 0 fully saturated rings. The average Bonchev–Trinajstić information content (AvgIpc) is 2.76. The number of ether oxygens (including phenoxy) is 2. The molecule has 2 atom stereocenters. The van der Waals surface area contributed by atoms with Crippen LogP contribution in [-0.2, 0) is 32.7 Å². The van der Waals surface area contributed by atoms with Crippen LogP contribution >= 0.6 is 7.82 Å². The standard InChI is InChI=1S/C25H49NO8P/c1-6-8-10-12-14-15-17-24(27)31-21-23(34-25(28)18-16-13-11-9-7-2)22-33-35(29,30)32-20-19-26(3,4)5/h23H,1-2,6-22H2,3-5H3,(H,29,30)/q-1/t23-/m1/s1. The first kappa shape index (κ1) is 34.0. The van der Waals surface area contributed by atoms with Crippen LogP contribution in [0.15, 0.2) is 0 Å². The number of likely N-dealkylation sites (N-methyl/N-ethyl adjacent to an activating group) is 1. The number of carbonyl (C=O) groups excluding carboxylic acids is 2. The number of unbranched alkanes of at least 4 members (excludes halogenated alkanes) is 9. The molecular weight excluding hydrogens is 473 g/mol. The first-order valence-corrected chi connectivity index (χ1v) is 14.3. The van der Waals surface area contributed by atoms with Crippen LogP contribution in [0, 0.1) is 13.8 Å². The molecule has 0 aliphatic carbocycles. The molecule has 0 spiro atoms. The molecule has 0 aliphatic heterocycles. The number of nitrogens with zero attached hydrogens (tertiary/aromatic N) is 1. The van der Waals surface area contributed by atoms with Crippen molar-refractivity contribution >= 4 is 19.8 Å². The Bertz CT molecular complexity index is 609. The first-order chi connectivity index (χ1) is 16.5. The summed E-state index contributed by atoms with van der Waals surface area (Å²) in [5.41, 5.74) is 0. The summed E-state index contributed by atoms with van der Waals surface area (Å²) >= 11 is 0. The summed E-state index contributed by atoms with van der Waals surface area (Å²) < 4.78 is 33.4. The largest absolute Gasteiger partial charge is 0.472 e. The Morgan fingerprint density at radius 3 is 1.86 bits per heavy atom. The minimum Gasteiger partial charge on any atom is -0.462 e. The van der Waals surface area contributed by atoms with E-state index in [0.29, 0.717) is 17.4 Å². The third-order valence-corrected chi connectivity index (χ3v) is 6.16. The monoisotopic (exact) mass is 522 g/mol. The van der Waals surface area contributed by atoms with E-state index in [-0.39, 0.29) is 26.1 Å². The Labute approximate surface area is 213 Å². The van der Waals surface area contributed by atoms with Gasteiger partial charge in [-0.2, -0.15) is 12.8 Å². The summed E-state index contributed by atoms with van der Waals surface area (Å²) in [6.45, 7) is 7.48. The quantitative estimate of drug-likeness (QED) is 0.0655. The molecule has 35 heavy (non-hydrogen) atoms. The number of phosphoric acid groups is 1. The zero-order valence-electron chi connectivity index (χ0n) is 22.2. The lowest BCUT2D eigenvalue weighted by Crippen LogP contribution is -2.37. The van der Waals surface area contributed by atoms with Crippen LogP contribution in [0.4, 0.5) is 0 Å². The SMILES string of the molecule is [CH2-]CCCCCCCC(=O)OC[C@H](COP(=O)(O)OCC[N+](C)(C)C)OC(=O)CCCCCC[CH2-]. The zero-order chi connectivity index (χ0) is 26.6. The Morgan fingerprint density at radius 1 is 0.800 bits per heavy atom. The average molecular weight is 523 g/mol. The Kier molecular flexibility index (Phi) is 19.5. The van der Waals surface area contributed by atoms with Crippen molar-refractivity contribution in [2.45, 2.75) is 89.6 Å². The van der Waals surface area contributed by atoms with Gasteiger partial charge in [0.2, 0.25) is 0 Å². The van der Waals surface area contributed by atoms with Crippen molar-refractivity contribution in [1.29, 1.82) is 0 Å². The number of quaternary nitrogens is 1. The lowest BCUT2D eigenvalue weighted by atomic mass is 10.1. The van der Waals surface area contributed by atoms with E-state index in [1.165, 1.54) is 0 Å². The second-order valence-electron chi connectivity index (χ2n) is 9.80. The molecule has 0 amide bonds. The fourth-order valence-electron chi connectivity index (χ4n) is 3.04. The fourth-order valence-corrected chi connectivity index (χ4v) is 3.78. The summed E-state index contributed by atoms with van der Waals surface area (Å²) in [5, 5.41) is 0. The fraction of sp³-hybridized carbons (Fsp3) is 0.840. The van der Waals surface area contributed by atoms with Crippen LogP contribution in [0.2, 0.25) is 0 Å². The molecule has 0 rings (SSSR count). The molecule has 9 nitrogen and oxygen atoms in total. The van der Waals surface area contributed by atoms with Gasteiger partial charge in [0.1, 0.15) is 19.8 Å². The third kappa shape index (κ3) is 23.2. The van der Waals surface area contributed by atoms with Gasteiger partial charge in [-0.1, -0.05) is 44.9 Å². The van der Waals surface area contributed by atoms with Crippen LogP contribution in [0.1, 0.15) is 83.5 Å². The number of phosphoric ester groups is 1. The van der Waals surface area contributed by atoms with E-state index in [2.05, 4.69) is 13.8 Å². The molecule has 0 radical (unpaired) electrons. The molecule has 0 saturated carbocycles. The van der Waals surface area contributed by atoms with E-state index in [1.807, 2.05) is 21.1 Å². The van der Waals surface area contributed by atoms with Gasteiger partial charge in [0.25, 0.3) is 0 Å². The second kappa shape index (κ2) is 20.1. The molecule has 1 N–H and O–H groups in total. The second-order valence-corrected chi connectivity index (χ2v) is 11.2. The van der Waals surface area contributed by atoms with Gasteiger partial charge < -0.3 is 32.7 Å². The lowest BCUT2D eigenvalue weighted by Gasteiger charge is -2.24. The molecule has 0 bridgehead atoms. The minimum absolute atomic E-state index is 0.0266. The summed E-state index contributed by atoms with van der Waals surface area (Å²) in [7, 11) is 1.45. The minimum atomic E-state index is -4.34. The highest BCUT2D eigenvalue weighted by Gasteiger charge is 2.27. The van der Waals surface area contributed by atoms with Gasteiger partial charge in [-0.15, -0.1) is 0 Å². The van der Waals surface area contributed by atoms with Crippen molar-refractivity contribution in [2.75, 3.05) is 47.5 Å². The topological polar surface area (TPSA) is 108 Å². The normalized spacial score (nSPS) is 14.3. The van der Waals surface area contributed by atoms with E-state index in [1.54, 1.807) is 0 Å². The zero-order valence-corrected chi connectivity index (χ0v) is 23.1.